The third-order valence-corrected chi connectivity index (χ3v) is 19.6. The van der Waals surface area contributed by atoms with Crippen molar-refractivity contribution < 1.29 is 38.4 Å². The van der Waals surface area contributed by atoms with E-state index in [-0.39, 0.29) is 43.1 Å². The maximum absolute atomic E-state index is 10.6. The molecule has 4 fully saturated rings. The molecule has 0 spiro atoms. The maximum atomic E-state index is 10.6. The van der Waals surface area contributed by atoms with Gasteiger partial charge < -0.3 is 28.9 Å². The Kier molecular flexibility index (Phi) is 20.6. The molecule has 19 heteroatoms. The summed E-state index contributed by atoms with van der Waals surface area (Å²) < 4.78 is 24.8. The normalized spacial score (nSPS) is 17.7. The number of nitriles is 4. The molecule has 6 aliphatic rings. The molecule has 0 amide bonds. The zero-order chi connectivity index (χ0) is 62.6. The third-order valence-electron chi connectivity index (χ3n) is 17.4. The van der Waals surface area contributed by atoms with E-state index >= 15 is 0 Å². The molecule has 0 bridgehead atoms. The van der Waals surface area contributed by atoms with E-state index in [0.717, 1.165) is 156 Å². The van der Waals surface area contributed by atoms with Crippen LogP contribution in [0.1, 0.15) is 148 Å². The molecule has 8 heterocycles. The molecule has 0 unspecified atom stereocenters. The van der Waals surface area contributed by atoms with Gasteiger partial charge in [0.1, 0.15) is 23.3 Å². The fraction of sp³-hybridized carbons (Fsp3) is 0.270. The Hall–Kier alpha value is -9.62. The van der Waals surface area contributed by atoms with Crippen LogP contribution in [0.2, 0.25) is 0 Å². The molecule has 456 valence electrons. The number of nitrogens with zero attached hydrogens (tertiary/aromatic N) is 12. The van der Waals surface area contributed by atoms with E-state index in [2.05, 4.69) is 44.2 Å². The van der Waals surface area contributed by atoms with Crippen molar-refractivity contribution in [2.75, 3.05) is 0 Å². The van der Waals surface area contributed by atoms with Crippen molar-refractivity contribution in [1.82, 2.24) is 29.9 Å². The Bertz CT molecular complexity index is 4060. The first-order valence-electron chi connectivity index (χ1n) is 31.4. The summed E-state index contributed by atoms with van der Waals surface area (Å²) in [5.41, 5.74) is 9.16. The molecule has 2 aliphatic heterocycles. The Morgan fingerprint density at radius 3 is 1.02 bits per heavy atom. The Balaban J connectivity index is 0.000000177. The average Bonchev–Trinajstić information content (AvgIpc) is 2.13. The van der Waals surface area contributed by atoms with Crippen LogP contribution in [-0.2, 0) is 19.5 Å². The molecule has 8 aromatic rings. The molecule has 16 nitrogen and oxygen atoms in total. The van der Waals surface area contributed by atoms with Gasteiger partial charge in [0.15, 0.2) is 0 Å². The van der Waals surface area contributed by atoms with E-state index in [1.54, 1.807) is 60.4 Å². The van der Waals surface area contributed by atoms with Gasteiger partial charge in [-0.2, -0.15) is 21.0 Å². The van der Waals surface area contributed by atoms with Gasteiger partial charge in [-0.05, 0) is 160 Å². The number of ether oxygens (including phenoxy) is 4. The molecule has 0 saturated heterocycles. The van der Waals surface area contributed by atoms with Crippen LogP contribution < -0.4 is 28.9 Å². The largest absolute Gasteiger partial charge is 2.00 e. The predicted octanol–water partition coefficient (Wildman–Crippen LogP) is 17.4. The summed E-state index contributed by atoms with van der Waals surface area (Å²) >= 11 is 3.10. The first-order chi connectivity index (χ1) is 45.4. The van der Waals surface area contributed by atoms with Crippen LogP contribution in [0.15, 0.2) is 212 Å². The van der Waals surface area contributed by atoms with Crippen molar-refractivity contribution in [1.29, 1.82) is 21.0 Å². The molecule has 0 atom stereocenters. The summed E-state index contributed by atoms with van der Waals surface area (Å²) in [7, 11) is 0. The summed E-state index contributed by atoms with van der Waals surface area (Å²) in [6.45, 7) is 0. The number of pyridine rings is 4. The number of allylic oxidation sites excluding steroid dienone is 2. The van der Waals surface area contributed by atoms with Gasteiger partial charge in [0.25, 0.3) is 0 Å². The van der Waals surface area contributed by atoms with Crippen LogP contribution in [0.3, 0.4) is 0 Å². The van der Waals surface area contributed by atoms with E-state index in [1.165, 1.54) is 0 Å². The van der Waals surface area contributed by atoms with E-state index in [9.17, 15) is 21.0 Å². The second-order valence-corrected chi connectivity index (χ2v) is 25.4. The van der Waals surface area contributed by atoms with Crippen molar-refractivity contribution in [3.05, 3.63) is 226 Å². The Morgan fingerprint density at radius 1 is 0.398 bits per heavy atom. The summed E-state index contributed by atoms with van der Waals surface area (Å²) in [5.74, 6) is 4.18. The average molecular weight is 1310 g/mol. The fourth-order valence-corrected chi connectivity index (χ4v) is 15.1. The maximum Gasteiger partial charge on any atom is 2.00 e. The van der Waals surface area contributed by atoms with E-state index < -0.39 is 0 Å². The Morgan fingerprint density at radius 2 is 0.720 bits per heavy atom. The van der Waals surface area contributed by atoms with Crippen molar-refractivity contribution in [3.8, 4) is 59.6 Å². The second-order valence-electron chi connectivity index (χ2n) is 23.3. The van der Waals surface area contributed by atoms with Crippen molar-refractivity contribution in [2.45, 2.75) is 124 Å². The predicted molar refractivity (Wildman–Crippen MR) is 352 cm³/mol. The summed E-state index contributed by atoms with van der Waals surface area (Å²) in [6.07, 6.45) is 23.9. The minimum Gasteiger partial charge on any atom is -0.626 e. The third kappa shape index (κ3) is 14.7. The van der Waals surface area contributed by atoms with Crippen molar-refractivity contribution in [3.63, 3.8) is 0 Å². The number of hydrogen-bond donors (Lipinski definition) is 0. The molecule has 0 N–H and O–H groups in total. The molecule has 0 radical (unpaired) electrons. The molecule has 4 aliphatic carbocycles. The number of rotatable bonds is 16. The fourth-order valence-electron chi connectivity index (χ4n) is 13.1. The minimum absolute atomic E-state index is 0. The molecule has 93 heavy (non-hydrogen) atoms. The SMILES string of the molecule is N#CC1=C(C2CCCC2)/C(=C(\Sc2ccc(C#N)cc2)c2[n-]c(Oc3ccccn3)cc2C2CCCC2)N=C1Oc1ccccn1.N#CC1=C(C2CCCC2)/C(=C(\Sc2ccc(C#N)cc2)c2[n-]c(Oc3ccccn3)cc2C2CCCC2)N=C1Oc1ccccn1.[Zn+2]. The summed E-state index contributed by atoms with van der Waals surface area (Å²) in [5, 5.41) is 40.0. The number of hydrogen-bond acceptors (Lipinski definition) is 16. The molecule has 2 aromatic carbocycles. The van der Waals surface area contributed by atoms with Crippen LogP contribution >= 0.6 is 23.5 Å². The van der Waals surface area contributed by atoms with Gasteiger partial charge in [-0.3, -0.25) is 0 Å². The van der Waals surface area contributed by atoms with E-state index in [4.69, 9.17) is 38.9 Å². The van der Waals surface area contributed by atoms with Crippen molar-refractivity contribution >= 4 is 45.1 Å². The van der Waals surface area contributed by atoms with E-state index in [1.807, 2.05) is 121 Å². The Labute approximate surface area is 562 Å². The standard InChI is InChI=1S/2C37H31N6O2S.Zn/c2*38-22-24-15-17-27(18-16-24)46-36(34-28(25-9-1-2-10-25)21-32(42-34)44-30-13-5-7-19-40-30)35-33(26-11-3-4-12-26)29(23-39)37(43-35)45-31-14-6-8-20-41-31;/h2*5-8,13-21,25-26H,1-4,9-12H2;/q2*-1;+2/b2*36-35+;. The monoisotopic (exact) mass is 1310 g/mol. The zero-order valence-electron chi connectivity index (χ0n) is 51.2. The number of aliphatic imine (C=N–C) groups is 2. The van der Waals surface area contributed by atoms with Crippen LogP contribution in [0.5, 0.6) is 35.3 Å². The zero-order valence-corrected chi connectivity index (χ0v) is 55.8. The van der Waals surface area contributed by atoms with Gasteiger partial charge in [0.05, 0.1) is 34.7 Å². The van der Waals surface area contributed by atoms with Gasteiger partial charge in [-0.1, -0.05) is 110 Å². The molecular formula is C74H62N12O4S2Zn. The van der Waals surface area contributed by atoms with Crippen LogP contribution in [0.4, 0.5) is 0 Å². The van der Waals surface area contributed by atoms with Crippen LogP contribution in [-0.4, -0.2) is 31.7 Å². The van der Waals surface area contributed by atoms with Gasteiger partial charge >= 0.3 is 19.5 Å². The van der Waals surface area contributed by atoms with Crippen LogP contribution in [0.25, 0.3) is 9.81 Å². The quantitative estimate of drug-likeness (QED) is 0.0646. The number of aromatic nitrogens is 6. The van der Waals surface area contributed by atoms with Gasteiger partial charge in [-0.15, -0.1) is 11.4 Å². The number of benzene rings is 2. The molecule has 6 aromatic heterocycles. The summed E-state index contributed by atoms with van der Waals surface area (Å²) in [6, 6.07) is 50.4. The first-order valence-corrected chi connectivity index (χ1v) is 33.1. The first kappa shape index (κ1) is 63.5. The van der Waals surface area contributed by atoms with Gasteiger partial charge in [0.2, 0.25) is 35.3 Å². The molecule has 14 rings (SSSR count). The van der Waals surface area contributed by atoms with Crippen molar-refractivity contribution in [2.24, 2.45) is 21.8 Å². The topological polar surface area (TPSA) is 237 Å². The van der Waals surface area contributed by atoms with Gasteiger partial charge in [0, 0.05) is 91.6 Å². The minimum atomic E-state index is 0. The van der Waals surface area contributed by atoms with E-state index in [0.29, 0.717) is 80.8 Å². The number of thioether (sulfide) groups is 2. The summed E-state index contributed by atoms with van der Waals surface area (Å²) in [4.78, 5) is 41.4. The molecular weight excluding hydrogens is 1250 g/mol. The van der Waals surface area contributed by atoms with Crippen LogP contribution in [0, 0.1) is 57.2 Å². The molecule has 4 saturated carbocycles. The van der Waals surface area contributed by atoms with Gasteiger partial charge in [-0.25, -0.2) is 29.9 Å². The second kappa shape index (κ2) is 30.2. The smallest absolute Gasteiger partial charge is 0.626 e.